The first kappa shape index (κ1) is 12.0. The minimum Gasteiger partial charge on any atom is -0.399 e. The average molecular weight is 260 g/mol. The summed E-state index contributed by atoms with van der Waals surface area (Å²) < 4.78 is 6.94. The van der Waals surface area contributed by atoms with E-state index in [1.165, 1.54) is 0 Å². The number of hydrogen-bond acceptors (Lipinski definition) is 4. The molecule has 0 aliphatic carbocycles. The predicted molar refractivity (Wildman–Crippen MR) is 71.5 cm³/mol. The molecule has 1 aromatic carbocycles. The number of anilines is 1. The summed E-state index contributed by atoms with van der Waals surface area (Å²) in [5.41, 5.74) is 7.34. The molecule has 19 heavy (non-hydrogen) atoms. The maximum absolute atomic E-state index is 12.2. The second kappa shape index (κ2) is 4.89. The highest BCUT2D eigenvalue weighted by molar-refractivity contribution is 5.84. The van der Waals surface area contributed by atoms with Crippen LogP contribution in [0.2, 0.25) is 0 Å². The summed E-state index contributed by atoms with van der Waals surface area (Å²) in [6.07, 6.45) is 1.75. The van der Waals surface area contributed by atoms with Crippen molar-refractivity contribution in [3.05, 3.63) is 24.4 Å². The number of amides is 1. The molecular weight excluding hydrogens is 244 g/mol. The van der Waals surface area contributed by atoms with Crippen molar-refractivity contribution < 1.29 is 9.53 Å². The van der Waals surface area contributed by atoms with E-state index in [0.29, 0.717) is 32.0 Å². The predicted octanol–water partition coefficient (Wildman–Crippen LogP) is 0.477. The molecule has 0 spiro atoms. The van der Waals surface area contributed by atoms with E-state index in [4.69, 9.17) is 10.5 Å². The summed E-state index contributed by atoms with van der Waals surface area (Å²) >= 11 is 0. The van der Waals surface area contributed by atoms with E-state index in [2.05, 4.69) is 5.10 Å². The summed E-state index contributed by atoms with van der Waals surface area (Å²) in [5.74, 6) is 0.0655. The van der Waals surface area contributed by atoms with Crippen molar-refractivity contribution in [2.45, 2.75) is 6.54 Å². The second-order valence-electron chi connectivity index (χ2n) is 4.61. The van der Waals surface area contributed by atoms with Crippen LogP contribution in [-0.2, 0) is 16.1 Å². The van der Waals surface area contributed by atoms with E-state index in [1.807, 2.05) is 23.1 Å². The van der Waals surface area contributed by atoms with Crippen molar-refractivity contribution in [3.63, 3.8) is 0 Å². The highest BCUT2D eigenvalue weighted by atomic mass is 16.5. The number of rotatable bonds is 2. The number of benzene rings is 1. The largest absolute Gasteiger partial charge is 0.399 e. The minimum absolute atomic E-state index is 0.0655. The van der Waals surface area contributed by atoms with Gasteiger partial charge in [-0.15, -0.1) is 0 Å². The third-order valence-electron chi connectivity index (χ3n) is 3.32. The number of carbonyl (C=O) groups excluding carboxylic acids is 1. The van der Waals surface area contributed by atoms with E-state index < -0.39 is 0 Å². The Labute approximate surface area is 110 Å². The summed E-state index contributed by atoms with van der Waals surface area (Å²) in [6.45, 7) is 2.77. The first-order valence-electron chi connectivity index (χ1n) is 6.30. The number of nitrogens with zero attached hydrogens (tertiary/aromatic N) is 3. The molecule has 1 aliphatic heterocycles. The van der Waals surface area contributed by atoms with Crippen LogP contribution in [0.25, 0.3) is 10.9 Å². The molecule has 1 fully saturated rings. The Bertz CT molecular complexity index is 602. The molecule has 2 heterocycles. The molecule has 6 heteroatoms. The fraction of sp³-hybridized carbons (Fsp3) is 0.385. The van der Waals surface area contributed by atoms with Gasteiger partial charge in [-0.3, -0.25) is 9.48 Å². The molecule has 6 nitrogen and oxygen atoms in total. The number of morpholine rings is 1. The normalized spacial score (nSPS) is 15.9. The lowest BCUT2D eigenvalue weighted by Crippen LogP contribution is -2.42. The smallest absolute Gasteiger partial charge is 0.244 e. The number of nitrogen functional groups attached to an aromatic ring is 1. The van der Waals surface area contributed by atoms with Gasteiger partial charge in [0.15, 0.2) is 0 Å². The van der Waals surface area contributed by atoms with E-state index in [0.717, 1.165) is 10.9 Å². The van der Waals surface area contributed by atoms with Crippen molar-refractivity contribution in [2.24, 2.45) is 0 Å². The van der Waals surface area contributed by atoms with Gasteiger partial charge < -0.3 is 15.4 Å². The lowest BCUT2D eigenvalue weighted by molar-refractivity contribution is -0.136. The summed E-state index contributed by atoms with van der Waals surface area (Å²) in [4.78, 5) is 14.0. The van der Waals surface area contributed by atoms with Gasteiger partial charge in [0.05, 0.1) is 24.9 Å². The minimum atomic E-state index is 0.0655. The average Bonchev–Trinajstić information content (AvgIpc) is 2.82. The lowest BCUT2D eigenvalue weighted by Gasteiger charge is -2.26. The van der Waals surface area contributed by atoms with E-state index >= 15 is 0 Å². The standard InChI is InChI=1S/C13H16N4O2/c14-11-2-1-10-8-15-17(12(10)7-11)9-13(18)16-3-5-19-6-4-16/h1-2,7-8H,3-6,9,14H2. The third kappa shape index (κ3) is 2.39. The third-order valence-corrected chi connectivity index (χ3v) is 3.32. The number of nitrogens with two attached hydrogens (primary N) is 1. The van der Waals surface area contributed by atoms with Crippen molar-refractivity contribution in [2.75, 3.05) is 32.0 Å². The van der Waals surface area contributed by atoms with Crippen LogP contribution in [0, 0.1) is 0 Å². The van der Waals surface area contributed by atoms with Gasteiger partial charge in [-0.25, -0.2) is 0 Å². The molecule has 1 aromatic heterocycles. The maximum Gasteiger partial charge on any atom is 0.244 e. The fourth-order valence-corrected chi connectivity index (χ4v) is 2.25. The molecule has 1 saturated heterocycles. The van der Waals surface area contributed by atoms with Crippen LogP contribution in [0.5, 0.6) is 0 Å². The Morgan fingerprint density at radius 3 is 2.95 bits per heavy atom. The van der Waals surface area contributed by atoms with Crippen LogP contribution in [0.4, 0.5) is 5.69 Å². The molecule has 0 radical (unpaired) electrons. The second-order valence-corrected chi connectivity index (χ2v) is 4.61. The van der Waals surface area contributed by atoms with Gasteiger partial charge in [-0.2, -0.15) is 5.10 Å². The van der Waals surface area contributed by atoms with Crippen LogP contribution in [0.1, 0.15) is 0 Å². The van der Waals surface area contributed by atoms with Crippen molar-refractivity contribution in [1.82, 2.24) is 14.7 Å². The van der Waals surface area contributed by atoms with Gasteiger partial charge in [-0.1, -0.05) is 0 Å². The van der Waals surface area contributed by atoms with Gasteiger partial charge in [0.1, 0.15) is 6.54 Å². The Hall–Kier alpha value is -2.08. The fourth-order valence-electron chi connectivity index (χ4n) is 2.25. The molecule has 0 atom stereocenters. The maximum atomic E-state index is 12.2. The first-order valence-corrected chi connectivity index (χ1v) is 6.30. The molecule has 2 N–H and O–H groups in total. The van der Waals surface area contributed by atoms with Gasteiger partial charge >= 0.3 is 0 Å². The van der Waals surface area contributed by atoms with Crippen LogP contribution in [0.3, 0.4) is 0 Å². The van der Waals surface area contributed by atoms with Crippen LogP contribution >= 0.6 is 0 Å². The Morgan fingerprint density at radius 1 is 1.37 bits per heavy atom. The molecule has 0 unspecified atom stereocenters. The van der Waals surface area contributed by atoms with Gasteiger partial charge in [0.2, 0.25) is 5.91 Å². The monoisotopic (exact) mass is 260 g/mol. The Kier molecular flexibility index (Phi) is 3.08. The summed E-state index contributed by atoms with van der Waals surface area (Å²) in [5, 5.41) is 5.24. The SMILES string of the molecule is Nc1ccc2cnn(CC(=O)N3CCOCC3)c2c1. The van der Waals surface area contributed by atoms with Crippen LogP contribution < -0.4 is 5.73 Å². The number of hydrogen-bond donors (Lipinski definition) is 1. The first-order chi connectivity index (χ1) is 9.24. The molecule has 1 aliphatic rings. The zero-order valence-electron chi connectivity index (χ0n) is 10.6. The summed E-state index contributed by atoms with van der Waals surface area (Å²) in [6, 6.07) is 5.58. The van der Waals surface area contributed by atoms with E-state index in [1.54, 1.807) is 10.9 Å². The molecule has 3 rings (SSSR count). The van der Waals surface area contributed by atoms with Crippen LogP contribution in [-0.4, -0.2) is 46.9 Å². The number of carbonyl (C=O) groups is 1. The van der Waals surface area contributed by atoms with Crippen molar-refractivity contribution in [1.29, 1.82) is 0 Å². The number of fused-ring (bicyclic) bond motifs is 1. The van der Waals surface area contributed by atoms with Crippen molar-refractivity contribution in [3.8, 4) is 0 Å². The zero-order chi connectivity index (χ0) is 13.2. The van der Waals surface area contributed by atoms with Gasteiger partial charge in [0, 0.05) is 24.2 Å². The molecule has 1 amide bonds. The quantitative estimate of drug-likeness (QED) is 0.797. The topological polar surface area (TPSA) is 73.4 Å². The van der Waals surface area contributed by atoms with Gasteiger partial charge in [-0.05, 0) is 18.2 Å². The Morgan fingerprint density at radius 2 is 2.16 bits per heavy atom. The Balaban J connectivity index is 1.80. The van der Waals surface area contributed by atoms with Gasteiger partial charge in [0.25, 0.3) is 0 Å². The molecule has 100 valence electrons. The number of aromatic nitrogens is 2. The molecular formula is C13H16N4O2. The molecule has 2 aromatic rings. The molecule has 0 bridgehead atoms. The zero-order valence-corrected chi connectivity index (χ0v) is 10.6. The van der Waals surface area contributed by atoms with E-state index in [9.17, 15) is 4.79 Å². The van der Waals surface area contributed by atoms with Crippen LogP contribution in [0.15, 0.2) is 24.4 Å². The molecule has 0 saturated carbocycles. The number of ether oxygens (including phenoxy) is 1. The van der Waals surface area contributed by atoms with Crippen molar-refractivity contribution >= 4 is 22.5 Å². The highest BCUT2D eigenvalue weighted by Crippen LogP contribution is 2.17. The van der Waals surface area contributed by atoms with E-state index in [-0.39, 0.29) is 12.5 Å². The lowest BCUT2D eigenvalue weighted by atomic mass is 10.2. The highest BCUT2D eigenvalue weighted by Gasteiger charge is 2.18. The summed E-state index contributed by atoms with van der Waals surface area (Å²) in [7, 11) is 0.